The molecule has 7 heteroatoms. The summed E-state index contributed by atoms with van der Waals surface area (Å²) in [6, 6.07) is 10.8. The Morgan fingerprint density at radius 1 is 1.15 bits per heavy atom. The Morgan fingerprint density at radius 3 is 2.53 bits per heavy atom. The number of aromatic nitrogens is 1. The summed E-state index contributed by atoms with van der Waals surface area (Å²) < 4.78 is 5.58. The maximum absolute atomic E-state index is 13.4. The van der Waals surface area contributed by atoms with Crippen molar-refractivity contribution in [1.29, 1.82) is 0 Å². The molecule has 0 radical (unpaired) electrons. The van der Waals surface area contributed by atoms with Crippen LogP contribution < -0.4 is 4.74 Å². The topological polar surface area (TPSA) is 85.9 Å². The minimum absolute atomic E-state index is 0.0832. The van der Waals surface area contributed by atoms with Gasteiger partial charge in [-0.25, -0.2) is 0 Å². The number of methoxy groups -OCH3 is 1. The van der Waals surface area contributed by atoms with Crippen LogP contribution in [0.5, 0.6) is 5.75 Å². The number of para-hydroxylation sites is 1. The lowest BCUT2D eigenvalue weighted by Gasteiger charge is -2.27. The smallest absolute Gasteiger partial charge is 0.295 e. The number of aryl methyl sites for hydroxylation is 3. The van der Waals surface area contributed by atoms with E-state index >= 15 is 0 Å². The number of carbonyl (C=O) groups excluding carboxylic acids is 2. The van der Waals surface area contributed by atoms with Gasteiger partial charge in [-0.1, -0.05) is 24.3 Å². The molecule has 7 nitrogen and oxygen atoms in total. The zero-order valence-corrected chi connectivity index (χ0v) is 20.5. The summed E-state index contributed by atoms with van der Waals surface area (Å²) >= 11 is 0. The average molecular weight is 462 g/mol. The van der Waals surface area contributed by atoms with Crippen molar-refractivity contribution in [2.24, 2.45) is 0 Å². The number of H-pyrrole nitrogens is 1. The largest absolute Gasteiger partial charge is 0.507 e. The molecule has 1 saturated heterocycles. The van der Waals surface area contributed by atoms with Crippen molar-refractivity contribution in [3.8, 4) is 5.75 Å². The van der Waals surface area contributed by atoms with Gasteiger partial charge in [-0.15, -0.1) is 0 Å². The van der Waals surface area contributed by atoms with Gasteiger partial charge in [0.1, 0.15) is 11.5 Å². The summed E-state index contributed by atoms with van der Waals surface area (Å²) in [5.74, 6) is -1.03. The third-order valence-corrected chi connectivity index (χ3v) is 6.42. The number of hydrogen-bond acceptors (Lipinski definition) is 5. The number of rotatable bonds is 6. The molecule has 0 bridgehead atoms. The van der Waals surface area contributed by atoms with Crippen LogP contribution in [-0.4, -0.2) is 65.9 Å². The molecular formula is C27H31N3O4. The Bertz CT molecular complexity index is 1320. The van der Waals surface area contributed by atoms with E-state index in [1.54, 1.807) is 11.0 Å². The van der Waals surface area contributed by atoms with Crippen LogP contribution in [0.2, 0.25) is 0 Å². The van der Waals surface area contributed by atoms with Gasteiger partial charge in [0.05, 0.1) is 24.3 Å². The first-order valence-electron chi connectivity index (χ1n) is 11.3. The summed E-state index contributed by atoms with van der Waals surface area (Å²) in [5, 5.41) is 12.5. The number of nitrogens with one attached hydrogen (secondary N) is 1. The molecule has 2 aromatic carbocycles. The van der Waals surface area contributed by atoms with E-state index in [9.17, 15) is 14.7 Å². The first kappa shape index (κ1) is 23.6. The number of aliphatic hydroxyl groups is 1. The maximum Gasteiger partial charge on any atom is 0.295 e. The highest BCUT2D eigenvalue weighted by Crippen LogP contribution is 2.44. The number of likely N-dealkylation sites (N-methyl/N-ethyl adjacent to an activating group) is 1. The van der Waals surface area contributed by atoms with Crippen LogP contribution in [0.1, 0.15) is 34.0 Å². The zero-order valence-electron chi connectivity index (χ0n) is 20.5. The monoisotopic (exact) mass is 461 g/mol. The summed E-state index contributed by atoms with van der Waals surface area (Å²) in [6.45, 7) is 6.67. The summed E-state index contributed by atoms with van der Waals surface area (Å²) in [6.07, 6.45) is 0. The van der Waals surface area contributed by atoms with Crippen LogP contribution in [0.15, 0.2) is 42.0 Å². The van der Waals surface area contributed by atoms with E-state index in [1.165, 1.54) is 7.11 Å². The molecule has 4 rings (SSSR count). The molecule has 3 aromatic rings. The van der Waals surface area contributed by atoms with E-state index in [1.807, 2.05) is 70.1 Å². The number of Topliss-reactive ketones (excluding diaryl/α,β-unsaturated/α-hetero) is 1. The minimum Gasteiger partial charge on any atom is -0.507 e. The Labute approximate surface area is 199 Å². The Kier molecular flexibility index (Phi) is 6.23. The number of aromatic amines is 1. The van der Waals surface area contributed by atoms with Gasteiger partial charge in [-0.2, -0.15) is 0 Å². The number of ketones is 1. The van der Waals surface area contributed by atoms with Gasteiger partial charge in [0.25, 0.3) is 11.7 Å². The van der Waals surface area contributed by atoms with Crippen molar-refractivity contribution < 1.29 is 19.4 Å². The lowest BCUT2D eigenvalue weighted by Crippen LogP contribution is -2.35. The number of amides is 1. The van der Waals surface area contributed by atoms with Crippen LogP contribution in [0.4, 0.5) is 0 Å². The van der Waals surface area contributed by atoms with Crippen molar-refractivity contribution >= 4 is 28.4 Å². The Morgan fingerprint density at radius 2 is 1.85 bits per heavy atom. The standard InChI is InChI=1S/C27H31N3O4/c1-15-13-16(2)26(34-6)19(14-15)24(31)22-23(30(12-11-29(4)5)27(33)25(22)32)21-17(3)28-20-10-8-7-9-18(20)21/h7-10,13-14,23,28,31H,11-12H2,1-6H3/b24-22+. The summed E-state index contributed by atoms with van der Waals surface area (Å²) in [7, 11) is 5.37. The number of nitrogens with zero attached hydrogens (tertiary/aromatic N) is 2. The molecule has 2 N–H and O–H groups in total. The van der Waals surface area contributed by atoms with E-state index in [0.29, 0.717) is 24.4 Å². The van der Waals surface area contributed by atoms with Gasteiger partial charge in [-0.3, -0.25) is 9.59 Å². The normalized spacial score (nSPS) is 17.9. The number of hydrogen-bond donors (Lipinski definition) is 2. The fraction of sp³-hybridized carbons (Fsp3) is 0.333. The molecule has 0 spiro atoms. The molecule has 178 valence electrons. The quantitative estimate of drug-likeness (QED) is 0.328. The second-order valence-electron chi connectivity index (χ2n) is 9.17. The molecule has 1 unspecified atom stereocenters. The van der Waals surface area contributed by atoms with Crippen molar-refractivity contribution in [2.45, 2.75) is 26.8 Å². The van der Waals surface area contributed by atoms with Crippen LogP contribution in [-0.2, 0) is 9.59 Å². The van der Waals surface area contributed by atoms with E-state index in [-0.39, 0.29) is 11.3 Å². The van der Waals surface area contributed by atoms with Gasteiger partial charge in [0.15, 0.2) is 0 Å². The molecular weight excluding hydrogens is 430 g/mol. The first-order chi connectivity index (χ1) is 16.1. The number of ether oxygens (including phenoxy) is 1. The molecule has 1 atom stereocenters. The molecule has 1 aliphatic rings. The highest BCUT2D eigenvalue weighted by atomic mass is 16.5. The molecule has 1 aromatic heterocycles. The molecule has 34 heavy (non-hydrogen) atoms. The molecule has 1 aliphatic heterocycles. The highest BCUT2D eigenvalue weighted by Gasteiger charge is 2.47. The molecule has 2 heterocycles. The third kappa shape index (κ3) is 3.86. The molecule has 0 saturated carbocycles. The van der Waals surface area contributed by atoms with Crippen LogP contribution >= 0.6 is 0 Å². The SMILES string of the molecule is COc1c(C)cc(C)cc1/C(O)=C1\C(=O)C(=O)N(CCN(C)C)C1c1c(C)[nH]c2ccccc12. The third-order valence-electron chi connectivity index (χ3n) is 6.42. The molecule has 0 aliphatic carbocycles. The Balaban J connectivity index is 2.01. The second-order valence-corrected chi connectivity index (χ2v) is 9.17. The van der Waals surface area contributed by atoms with Crippen LogP contribution in [0, 0.1) is 20.8 Å². The van der Waals surface area contributed by atoms with Crippen molar-refractivity contribution in [2.75, 3.05) is 34.3 Å². The van der Waals surface area contributed by atoms with Gasteiger partial charge < -0.3 is 24.6 Å². The number of carbonyl (C=O) groups is 2. The van der Waals surface area contributed by atoms with Crippen LogP contribution in [0.3, 0.4) is 0 Å². The van der Waals surface area contributed by atoms with Crippen LogP contribution in [0.25, 0.3) is 16.7 Å². The molecule has 1 fully saturated rings. The first-order valence-corrected chi connectivity index (χ1v) is 11.3. The van der Waals surface area contributed by atoms with Gasteiger partial charge in [0.2, 0.25) is 0 Å². The number of likely N-dealkylation sites (tertiary alicyclic amines) is 1. The average Bonchev–Trinajstić information content (AvgIpc) is 3.23. The second kappa shape index (κ2) is 8.99. The predicted molar refractivity (Wildman–Crippen MR) is 133 cm³/mol. The maximum atomic E-state index is 13.4. The summed E-state index contributed by atoms with van der Waals surface area (Å²) in [5.41, 5.74) is 4.83. The van der Waals surface area contributed by atoms with Gasteiger partial charge >= 0.3 is 0 Å². The Hall–Kier alpha value is -3.58. The number of aliphatic hydroxyl groups excluding tert-OH is 1. The fourth-order valence-electron chi connectivity index (χ4n) is 4.92. The van der Waals surface area contributed by atoms with Gasteiger partial charge in [0, 0.05) is 35.2 Å². The highest BCUT2D eigenvalue weighted by molar-refractivity contribution is 6.46. The van der Waals surface area contributed by atoms with Crippen molar-refractivity contribution in [1.82, 2.24) is 14.8 Å². The lowest BCUT2D eigenvalue weighted by atomic mass is 9.92. The fourth-order valence-corrected chi connectivity index (χ4v) is 4.92. The number of fused-ring (bicyclic) bond motifs is 1. The van der Waals surface area contributed by atoms with E-state index in [2.05, 4.69) is 4.98 Å². The van der Waals surface area contributed by atoms with E-state index < -0.39 is 17.7 Å². The molecule has 1 amide bonds. The van der Waals surface area contributed by atoms with E-state index in [0.717, 1.165) is 33.3 Å². The zero-order chi connectivity index (χ0) is 24.7. The van der Waals surface area contributed by atoms with E-state index in [4.69, 9.17) is 4.74 Å². The van der Waals surface area contributed by atoms with Gasteiger partial charge in [-0.05, 0) is 58.1 Å². The van der Waals surface area contributed by atoms with Crippen molar-refractivity contribution in [3.05, 3.63) is 69.9 Å². The lowest BCUT2D eigenvalue weighted by molar-refractivity contribution is -0.140. The minimum atomic E-state index is -0.721. The summed E-state index contributed by atoms with van der Waals surface area (Å²) in [4.78, 5) is 33.6. The number of benzene rings is 2. The van der Waals surface area contributed by atoms with Crippen molar-refractivity contribution in [3.63, 3.8) is 0 Å². The predicted octanol–water partition coefficient (Wildman–Crippen LogP) is 4.09.